The highest BCUT2D eigenvalue weighted by atomic mass is 16.1. The summed E-state index contributed by atoms with van der Waals surface area (Å²) in [7, 11) is 0. The molecule has 0 radical (unpaired) electrons. The Balaban J connectivity index is 2.02. The first-order chi connectivity index (χ1) is 10.2. The number of pyridine rings is 2. The van der Waals surface area contributed by atoms with Crippen molar-refractivity contribution >= 4 is 17.0 Å². The quantitative estimate of drug-likeness (QED) is 0.589. The molecule has 0 unspecified atom stereocenters. The van der Waals surface area contributed by atoms with E-state index in [0.29, 0.717) is 16.8 Å². The summed E-state index contributed by atoms with van der Waals surface area (Å²) < 4.78 is 1.80. The molecule has 3 aromatic rings. The van der Waals surface area contributed by atoms with E-state index in [1.807, 2.05) is 19.1 Å². The summed E-state index contributed by atoms with van der Waals surface area (Å²) in [5.41, 5.74) is 8.78. The molecule has 0 fully saturated rings. The van der Waals surface area contributed by atoms with Crippen LogP contribution >= 0.6 is 0 Å². The number of nitrogens with two attached hydrogens (primary N) is 1. The second kappa shape index (κ2) is 5.20. The van der Waals surface area contributed by atoms with E-state index in [-0.39, 0.29) is 5.78 Å². The second-order valence-electron chi connectivity index (χ2n) is 4.68. The van der Waals surface area contributed by atoms with E-state index in [1.165, 1.54) is 6.20 Å². The summed E-state index contributed by atoms with van der Waals surface area (Å²) in [5.74, 6) is -0.161. The van der Waals surface area contributed by atoms with Crippen LogP contribution in [0.1, 0.15) is 21.7 Å². The van der Waals surface area contributed by atoms with Crippen LogP contribution in [-0.4, -0.2) is 20.2 Å². The smallest absolute Gasteiger partial charge is 0.198 e. The summed E-state index contributed by atoms with van der Waals surface area (Å²) in [5, 5.41) is 0. The van der Waals surface area contributed by atoms with Crippen molar-refractivity contribution in [2.45, 2.75) is 6.92 Å². The summed E-state index contributed by atoms with van der Waals surface area (Å²) in [4.78, 5) is 21.1. The zero-order valence-electron chi connectivity index (χ0n) is 11.5. The van der Waals surface area contributed by atoms with Gasteiger partial charge in [-0.05, 0) is 31.2 Å². The summed E-state index contributed by atoms with van der Waals surface area (Å²) in [6.45, 7) is 1.87. The fourth-order valence-electron chi connectivity index (χ4n) is 2.18. The average Bonchev–Trinajstić information content (AvgIpc) is 2.95. The predicted molar refractivity (Wildman–Crippen MR) is 80.7 cm³/mol. The van der Waals surface area contributed by atoms with Crippen molar-refractivity contribution in [3.05, 3.63) is 72.1 Å². The fraction of sp³-hybridized carbons (Fsp3) is 0.0625. The molecule has 5 nitrogen and oxygen atoms in total. The van der Waals surface area contributed by atoms with Crippen LogP contribution in [0.3, 0.4) is 0 Å². The summed E-state index contributed by atoms with van der Waals surface area (Å²) in [6, 6.07) is 9.04. The van der Waals surface area contributed by atoms with Crippen molar-refractivity contribution in [3.63, 3.8) is 0 Å². The molecular weight excluding hydrogens is 264 g/mol. The number of fused-ring (bicyclic) bond motifs is 1. The number of nitrogens with zero attached hydrogens (tertiary/aromatic N) is 3. The molecule has 0 aliphatic carbocycles. The topological polar surface area (TPSA) is 73.3 Å². The lowest BCUT2D eigenvalue weighted by atomic mass is 10.0. The van der Waals surface area contributed by atoms with Crippen LogP contribution in [0, 0.1) is 6.92 Å². The van der Waals surface area contributed by atoms with E-state index >= 15 is 0 Å². The van der Waals surface area contributed by atoms with Gasteiger partial charge in [0.2, 0.25) is 0 Å². The second-order valence-corrected chi connectivity index (χ2v) is 4.68. The third-order valence-electron chi connectivity index (χ3n) is 3.23. The van der Waals surface area contributed by atoms with Crippen LogP contribution in [0.4, 0.5) is 0 Å². The van der Waals surface area contributed by atoms with Crippen LogP contribution in [0.5, 0.6) is 0 Å². The molecule has 3 rings (SSSR count). The molecule has 0 amide bonds. The van der Waals surface area contributed by atoms with Crippen LogP contribution in [-0.2, 0) is 0 Å². The number of ketones is 1. The van der Waals surface area contributed by atoms with Crippen molar-refractivity contribution in [1.82, 2.24) is 14.4 Å². The largest absolute Gasteiger partial charge is 0.404 e. The molecule has 3 heterocycles. The lowest BCUT2D eigenvalue weighted by molar-refractivity contribution is 0.105. The third kappa shape index (κ3) is 2.41. The van der Waals surface area contributed by atoms with Crippen LogP contribution in [0.15, 0.2) is 55.1 Å². The fourth-order valence-corrected chi connectivity index (χ4v) is 2.18. The number of hydrogen-bond donors (Lipinski definition) is 1. The van der Waals surface area contributed by atoms with Gasteiger partial charge in [0.05, 0.1) is 11.3 Å². The minimum atomic E-state index is -0.161. The molecule has 0 spiro atoms. The van der Waals surface area contributed by atoms with E-state index in [9.17, 15) is 4.79 Å². The SMILES string of the molecule is Cc1cccc(/C(=C/N)C(=O)c2ccc3nccn3c2)n1. The monoisotopic (exact) mass is 278 g/mol. The number of imidazole rings is 1. The predicted octanol–water partition coefficient (Wildman–Crippen LogP) is 2.22. The van der Waals surface area contributed by atoms with Gasteiger partial charge in [-0.15, -0.1) is 0 Å². The minimum absolute atomic E-state index is 0.161. The Bertz CT molecular complexity index is 848. The highest BCUT2D eigenvalue weighted by Crippen LogP contribution is 2.18. The number of allylic oxidation sites excluding steroid dienone is 1. The highest BCUT2D eigenvalue weighted by molar-refractivity contribution is 6.28. The Morgan fingerprint density at radius 1 is 1.29 bits per heavy atom. The number of aryl methyl sites for hydroxylation is 1. The van der Waals surface area contributed by atoms with E-state index < -0.39 is 0 Å². The number of hydrogen-bond acceptors (Lipinski definition) is 4. The maximum atomic E-state index is 12.6. The van der Waals surface area contributed by atoms with Crippen molar-refractivity contribution in [3.8, 4) is 0 Å². The van der Waals surface area contributed by atoms with Crippen molar-refractivity contribution < 1.29 is 4.79 Å². The van der Waals surface area contributed by atoms with Crippen molar-refractivity contribution in [1.29, 1.82) is 0 Å². The van der Waals surface area contributed by atoms with Gasteiger partial charge >= 0.3 is 0 Å². The van der Waals surface area contributed by atoms with Crippen LogP contribution in [0.2, 0.25) is 0 Å². The number of carbonyl (C=O) groups is 1. The number of rotatable bonds is 3. The van der Waals surface area contributed by atoms with Crippen LogP contribution < -0.4 is 5.73 Å². The van der Waals surface area contributed by atoms with E-state index in [1.54, 1.807) is 41.2 Å². The Labute approximate surface area is 121 Å². The Kier molecular flexibility index (Phi) is 3.23. The van der Waals surface area contributed by atoms with Gasteiger partial charge in [-0.1, -0.05) is 6.07 Å². The molecular formula is C16H14N4O. The van der Waals surface area contributed by atoms with E-state index in [4.69, 9.17) is 5.73 Å². The van der Waals surface area contributed by atoms with Gasteiger partial charge in [-0.2, -0.15) is 0 Å². The van der Waals surface area contributed by atoms with Gasteiger partial charge in [-0.3, -0.25) is 9.78 Å². The number of aromatic nitrogens is 3. The molecule has 2 N–H and O–H groups in total. The first kappa shape index (κ1) is 13.1. The molecule has 0 bridgehead atoms. The molecule has 0 saturated heterocycles. The van der Waals surface area contributed by atoms with Gasteiger partial charge < -0.3 is 10.1 Å². The third-order valence-corrected chi connectivity index (χ3v) is 3.23. The van der Waals surface area contributed by atoms with Crippen molar-refractivity contribution in [2.75, 3.05) is 0 Å². The maximum absolute atomic E-state index is 12.6. The lowest BCUT2D eigenvalue weighted by Crippen LogP contribution is -2.08. The zero-order valence-corrected chi connectivity index (χ0v) is 11.5. The van der Waals surface area contributed by atoms with Gasteiger partial charge in [0.15, 0.2) is 5.78 Å². The Morgan fingerprint density at radius 3 is 2.90 bits per heavy atom. The zero-order chi connectivity index (χ0) is 14.8. The average molecular weight is 278 g/mol. The van der Waals surface area contributed by atoms with Crippen LogP contribution in [0.25, 0.3) is 11.2 Å². The van der Waals surface area contributed by atoms with Crippen molar-refractivity contribution in [2.24, 2.45) is 5.73 Å². The molecule has 5 heteroatoms. The standard InChI is InChI=1S/C16H14N4O/c1-11-3-2-4-14(19-11)13(9-17)16(21)12-5-6-15-18-7-8-20(15)10-12/h2-10H,17H2,1H3/b13-9-. The molecule has 3 aromatic heterocycles. The van der Waals surface area contributed by atoms with Gasteiger partial charge in [-0.25, -0.2) is 4.98 Å². The van der Waals surface area contributed by atoms with Gasteiger partial charge in [0.25, 0.3) is 0 Å². The maximum Gasteiger partial charge on any atom is 0.198 e. The Morgan fingerprint density at radius 2 is 2.14 bits per heavy atom. The number of carbonyl (C=O) groups excluding carboxylic acids is 1. The van der Waals surface area contributed by atoms with E-state index in [0.717, 1.165) is 11.3 Å². The lowest BCUT2D eigenvalue weighted by Gasteiger charge is -2.07. The molecule has 0 atom stereocenters. The molecule has 21 heavy (non-hydrogen) atoms. The molecule has 104 valence electrons. The number of Topliss-reactive ketones (excluding diaryl/α,β-unsaturated/α-hetero) is 1. The Hall–Kier alpha value is -2.95. The summed E-state index contributed by atoms with van der Waals surface area (Å²) in [6.07, 6.45) is 6.53. The molecule has 0 aromatic carbocycles. The summed E-state index contributed by atoms with van der Waals surface area (Å²) >= 11 is 0. The first-order valence-corrected chi connectivity index (χ1v) is 6.52. The first-order valence-electron chi connectivity index (χ1n) is 6.52. The van der Waals surface area contributed by atoms with Gasteiger partial charge in [0, 0.05) is 36.0 Å². The normalized spacial score (nSPS) is 11.8. The minimum Gasteiger partial charge on any atom is -0.404 e. The molecule has 0 saturated carbocycles. The molecule has 0 aliphatic rings. The van der Waals surface area contributed by atoms with E-state index in [2.05, 4.69) is 9.97 Å². The van der Waals surface area contributed by atoms with Gasteiger partial charge in [0.1, 0.15) is 5.65 Å². The molecule has 0 aliphatic heterocycles. The highest BCUT2D eigenvalue weighted by Gasteiger charge is 2.16.